The van der Waals surface area contributed by atoms with Crippen LogP contribution in [0.15, 0.2) is 42.5 Å². The van der Waals surface area contributed by atoms with Gasteiger partial charge in [-0.3, -0.25) is 14.4 Å². The number of fused-ring (bicyclic) bond motifs is 2. The number of nitrogens with zero attached hydrogens (tertiary/aromatic N) is 1. The van der Waals surface area contributed by atoms with E-state index in [1.165, 1.54) is 4.90 Å². The molecule has 3 aliphatic heterocycles. The Bertz CT molecular complexity index is 1210. The van der Waals surface area contributed by atoms with Crippen LogP contribution in [0.2, 0.25) is 0 Å². The van der Waals surface area contributed by atoms with Gasteiger partial charge in [-0.2, -0.15) is 0 Å². The number of ether oxygens (including phenoxy) is 2. The van der Waals surface area contributed by atoms with Crippen LogP contribution in [0, 0.1) is 17.8 Å². The zero-order valence-electron chi connectivity index (χ0n) is 21.2. The molecule has 3 aliphatic rings. The minimum Gasteiger partial charge on any atom is -0.466 e. The van der Waals surface area contributed by atoms with E-state index in [0.717, 1.165) is 10.8 Å². The number of esters is 1. The van der Waals surface area contributed by atoms with Crippen LogP contribution in [0.5, 0.6) is 0 Å². The number of likely N-dealkylation sites (tertiary alicyclic amines) is 1. The Balaban J connectivity index is 1.56. The van der Waals surface area contributed by atoms with Crippen LogP contribution in [-0.2, 0) is 23.9 Å². The average Bonchev–Trinajstić information content (AvgIpc) is 3.40. The molecule has 2 unspecified atom stereocenters. The Morgan fingerprint density at radius 3 is 2.58 bits per heavy atom. The number of benzene rings is 2. The summed E-state index contributed by atoms with van der Waals surface area (Å²) in [4.78, 5) is 42.6. The van der Waals surface area contributed by atoms with Crippen molar-refractivity contribution in [3.8, 4) is 0 Å². The van der Waals surface area contributed by atoms with Crippen LogP contribution in [0.1, 0.15) is 40.5 Å². The molecule has 0 aliphatic carbocycles. The van der Waals surface area contributed by atoms with E-state index in [4.69, 9.17) is 9.47 Å². The van der Waals surface area contributed by atoms with Gasteiger partial charge in [0, 0.05) is 5.69 Å². The molecule has 2 aromatic carbocycles. The SMILES string of the molecule is CCOC(=O)[C@H]1[C@H]2C(=O)N([C@@H](CO)C(C)C)C(C(=O)Nc3ccc4ccccc4c3)C23CC[C@]1(C)O3. The van der Waals surface area contributed by atoms with Crippen molar-refractivity contribution >= 4 is 34.2 Å². The number of hydrogen-bond acceptors (Lipinski definition) is 6. The molecule has 1 spiro atoms. The highest BCUT2D eigenvalue weighted by atomic mass is 16.6. The number of amides is 2. The summed E-state index contributed by atoms with van der Waals surface area (Å²) in [5, 5.41) is 15.3. The normalized spacial score (nSPS) is 31.7. The fourth-order valence-corrected chi connectivity index (χ4v) is 6.71. The summed E-state index contributed by atoms with van der Waals surface area (Å²) >= 11 is 0. The molecule has 0 radical (unpaired) electrons. The van der Waals surface area contributed by atoms with E-state index < -0.39 is 41.1 Å². The van der Waals surface area contributed by atoms with Crippen LogP contribution in [-0.4, -0.2) is 64.3 Å². The van der Waals surface area contributed by atoms with Gasteiger partial charge in [0.25, 0.3) is 0 Å². The summed E-state index contributed by atoms with van der Waals surface area (Å²) in [6.07, 6.45) is 1.01. The molecule has 2 aromatic rings. The predicted molar refractivity (Wildman–Crippen MR) is 134 cm³/mol. The molecule has 0 saturated carbocycles. The zero-order valence-corrected chi connectivity index (χ0v) is 21.2. The van der Waals surface area contributed by atoms with Crippen molar-refractivity contribution in [2.45, 2.75) is 63.8 Å². The van der Waals surface area contributed by atoms with Gasteiger partial charge >= 0.3 is 5.97 Å². The van der Waals surface area contributed by atoms with E-state index in [-0.39, 0.29) is 30.9 Å². The lowest BCUT2D eigenvalue weighted by Gasteiger charge is -2.38. The molecule has 0 aromatic heterocycles. The van der Waals surface area contributed by atoms with E-state index in [1.807, 2.05) is 63.2 Å². The molecule has 2 bridgehead atoms. The topological polar surface area (TPSA) is 105 Å². The third-order valence-corrected chi connectivity index (χ3v) is 8.33. The fourth-order valence-electron chi connectivity index (χ4n) is 6.71. The van der Waals surface area contributed by atoms with E-state index in [2.05, 4.69) is 5.32 Å². The van der Waals surface area contributed by atoms with Gasteiger partial charge in [-0.1, -0.05) is 44.2 Å². The lowest BCUT2D eigenvalue weighted by Crippen LogP contribution is -2.57. The van der Waals surface area contributed by atoms with Gasteiger partial charge in [0.15, 0.2) is 0 Å². The molecule has 2 N–H and O–H groups in total. The van der Waals surface area contributed by atoms with Gasteiger partial charge in [-0.05, 0) is 55.5 Å². The van der Waals surface area contributed by atoms with Gasteiger partial charge in [0.05, 0.1) is 30.8 Å². The first kappa shape index (κ1) is 24.7. The predicted octanol–water partition coefficient (Wildman–Crippen LogP) is 3.12. The number of nitrogens with one attached hydrogen (secondary N) is 1. The minimum absolute atomic E-state index is 0.112. The van der Waals surface area contributed by atoms with Crippen molar-refractivity contribution in [1.29, 1.82) is 0 Å². The lowest BCUT2D eigenvalue weighted by atomic mass is 9.66. The molecule has 3 fully saturated rings. The molecule has 2 amide bonds. The quantitative estimate of drug-likeness (QED) is 0.573. The number of hydrogen-bond donors (Lipinski definition) is 2. The molecule has 3 heterocycles. The summed E-state index contributed by atoms with van der Waals surface area (Å²) in [5.41, 5.74) is -1.43. The van der Waals surface area contributed by atoms with Crippen LogP contribution in [0.3, 0.4) is 0 Å². The van der Waals surface area contributed by atoms with Crippen LogP contribution in [0.4, 0.5) is 5.69 Å². The highest BCUT2D eigenvalue weighted by Crippen LogP contribution is 2.63. The first-order chi connectivity index (χ1) is 17.2. The maximum atomic E-state index is 14.0. The van der Waals surface area contributed by atoms with Crippen molar-refractivity contribution in [2.75, 3.05) is 18.5 Å². The first-order valence-electron chi connectivity index (χ1n) is 12.8. The molecule has 192 valence electrons. The molecule has 8 heteroatoms. The molecule has 36 heavy (non-hydrogen) atoms. The third-order valence-electron chi connectivity index (χ3n) is 8.33. The zero-order chi connectivity index (χ0) is 25.8. The lowest BCUT2D eigenvalue weighted by molar-refractivity contribution is -0.160. The molecule has 3 saturated heterocycles. The van der Waals surface area contributed by atoms with Crippen molar-refractivity contribution in [1.82, 2.24) is 4.90 Å². The second-order valence-corrected chi connectivity index (χ2v) is 10.8. The highest BCUT2D eigenvalue weighted by Gasteiger charge is 2.78. The number of carbonyl (C=O) groups excluding carboxylic acids is 3. The number of carbonyl (C=O) groups is 3. The smallest absolute Gasteiger partial charge is 0.312 e. The monoisotopic (exact) mass is 494 g/mol. The standard InChI is InChI=1S/C28H34N2O6/c1-5-35-26(34)22-21-25(33)30(20(15-31)16(2)3)23(28(21)13-12-27(22,4)36-28)24(32)29-19-11-10-17-8-6-7-9-18(17)14-19/h6-11,14,16,20-23,31H,5,12-13,15H2,1-4H3,(H,29,32)/t20-,21-,22+,23?,27-,28?/m0/s1. The van der Waals surface area contributed by atoms with Gasteiger partial charge in [-0.15, -0.1) is 0 Å². The number of rotatable bonds is 7. The van der Waals surface area contributed by atoms with Crippen molar-refractivity contribution in [2.24, 2.45) is 17.8 Å². The maximum Gasteiger partial charge on any atom is 0.312 e. The van der Waals surface area contributed by atoms with E-state index in [1.54, 1.807) is 6.92 Å². The first-order valence-corrected chi connectivity index (χ1v) is 12.8. The summed E-state index contributed by atoms with van der Waals surface area (Å²) in [6, 6.07) is 11.9. The third kappa shape index (κ3) is 3.53. The second-order valence-electron chi connectivity index (χ2n) is 10.8. The van der Waals surface area contributed by atoms with Crippen LogP contribution in [0.25, 0.3) is 10.8 Å². The Hall–Kier alpha value is -2.97. The summed E-state index contributed by atoms with van der Waals surface area (Å²) in [7, 11) is 0. The van der Waals surface area contributed by atoms with Crippen LogP contribution < -0.4 is 5.32 Å². The van der Waals surface area contributed by atoms with Gasteiger partial charge < -0.3 is 24.8 Å². The van der Waals surface area contributed by atoms with E-state index >= 15 is 0 Å². The Morgan fingerprint density at radius 2 is 1.92 bits per heavy atom. The van der Waals surface area contributed by atoms with Gasteiger partial charge in [0.1, 0.15) is 17.6 Å². The summed E-state index contributed by atoms with van der Waals surface area (Å²) < 4.78 is 11.9. The summed E-state index contributed by atoms with van der Waals surface area (Å²) in [6.45, 7) is 7.27. The van der Waals surface area contributed by atoms with Crippen LogP contribution >= 0.6 is 0 Å². The maximum absolute atomic E-state index is 14.0. The molecule has 8 nitrogen and oxygen atoms in total. The molecule has 5 rings (SSSR count). The largest absolute Gasteiger partial charge is 0.466 e. The van der Waals surface area contributed by atoms with Gasteiger partial charge in [-0.25, -0.2) is 0 Å². The molecular formula is C28H34N2O6. The van der Waals surface area contributed by atoms with Gasteiger partial charge in [0.2, 0.25) is 11.8 Å². The highest BCUT2D eigenvalue weighted by molar-refractivity contribution is 6.04. The summed E-state index contributed by atoms with van der Waals surface area (Å²) in [5.74, 6) is -2.93. The van der Waals surface area contributed by atoms with Crippen molar-refractivity contribution in [3.05, 3.63) is 42.5 Å². The van der Waals surface area contributed by atoms with Crippen molar-refractivity contribution in [3.63, 3.8) is 0 Å². The molecule has 6 atom stereocenters. The minimum atomic E-state index is -1.16. The Labute approximate surface area is 210 Å². The van der Waals surface area contributed by atoms with E-state index in [9.17, 15) is 19.5 Å². The number of anilines is 1. The fraction of sp³-hybridized carbons (Fsp3) is 0.536. The average molecular weight is 495 g/mol. The number of aliphatic hydroxyl groups excluding tert-OH is 1. The Morgan fingerprint density at radius 1 is 1.19 bits per heavy atom. The second kappa shape index (κ2) is 8.85. The van der Waals surface area contributed by atoms with Crippen molar-refractivity contribution < 1.29 is 29.0 Å². The molecular weight excluding hydrogens is 460 g/mol. The Kier molecular flexibility index (Phi) is 6.08. The number of aliphatic hydroxyl groups is 1. The van der Waals surface area contributed by atoms with E-state index in [0.29, 0.717) is 18.5 Å².